The van der Waals surface area contributed by atoms with Crippen LogP contribution in [-0.4, -0.2) is 50.5 Å². The van der Waals surface area contributed by atoms with Gasteiger partial charge in [0.15, 0.2) is 0 Å². The van der Waals surface area contributed by atoms with Crippen molar-refractivity contribution in [1.29, 1.82) is 0 Å². The van der Waals surface area contributed by atoms with Crippen LogP contribution >= 0.6 is 39.1 Å². The maximum Gasteiger partial charge on any atom is 0.244 e. The zero-order valence-corrected chi connectivity index (χ0v) is 23.3. The van der Waals surface area contributed by atoms with Crippen molar-refractivity contribution in [2.24, 2.45) is 5.92 Å². The van der Waals surface area contributed by atoms with Gasteiger partial charge >= 0.3 is 0 Å². The fourth-order valence-corrected chi connectivity index (χ4v) is 4.70. The van der Waals surface area contributed by atoms with Crippen LogP contribution in [0.15, 0.2) is 46.9 Å². The first-order valence-corrected chi connectivity index (χ1v) is 13.9. The molecule has 0 aliphatic rings. The summed E-state index contributed by atoms with van der Waals surface area (Å²) in [5.41, 5.74) is 0.983. The Hall–Kier alpha value is -1.81. The minimum Gasteiger partial charge on any atom is -0.354 e. The normalized spacial score (nSPS) is 12.4. The molecule has 34 heavy (non-hydrogen) atoms. The summed E-state index contributed by atoms with van der Waals surface area (Å²) in [7, 11) is -3.85. The van der Waals surface area contributed by atoms with Crippen molar-refractivity contribution in [3.05, 3.63) is 62.5 Å². The van der Waals surface area contributed by atoms with Gasteiger partial charge in [-0.1, -0.05) is 65.1 Å². The Morgan fingerprint density at radius 1 is 1.06 bits per heavy atom. The maximum absolute atomic E-state index is 13.5. The monoisotopic (exact) mass is 591 g/mol. The Balaban J connectivity index is 2.39. The summed E-state index contributed by atoms with van der Waals surface area (Å²) in [6, 6.07) is 10.8. The van der Waals surface area contributed by atoms with Crippen molar-refractivity contribution in [1.82, 2.24) is 10.2 Å². The molecule has 0 radical (unpaired) electrons. The van der Waals surface area contributed by atoms with Gasteiger partial charge in [-0.05, 0) is 48.7 Å². The summed E-state index contributed by atoms with van der Waals surface area (Å²) < 4.78 is 26.9. The number of nitrogens with one attached hydrogen (secondary N) is 1. The van der Waals surface area contributed by atoms with Crippen LogP contribution in [0.4, 0.5) is 5.69 Å². The second-order valence-corrected chi connectivity index (χ2v) is 12.0. The number of nitrogens with zero attached hydrogens (tertiary/aromatic N) is 2. The molecule has 2 aromatic carbocycles. The molecule has 0 fully saturated rings. The van der Waals surface area contributed by atoms with Gasteiger partial charge in [0.2, 0.25) is 21.8 Å². The molecule has 0 bridgehead atoms. The minimum absolute atomic E-state index is 0.119. The van der Waals surface area contributed by atoms with Gasteiger partial charge in [-0.2, -0.15) is 0 Å². The van der Waals surface area contributed by atoms with E-state index < -0.39 is 28.5 Å². The zero-order chi connectivity index (χ0) is 25.6. The molecule has 2 aromatic rings. The van der Waals surface area contributed by atoms with Gasteiger partial charge in [0.25, 0.3) is 0 Å². The third-order valence-electron chi connectivity index (χ3n) is 4.96. The van der Waals surface area contributed by atoms with Crippen molar-refractivity contribution >= 4 is 66.7 Å². The number of sulfonamides is 1. The van der Waals surface area contributed by atoms with Crippen LogP contribution in [0.3, 0.4) is 0 Å². The van der Waals surface area contributed by atoms with Gasteiger partial charge < -0.3 is 10.2 Å². The third-order valence-corrected chi connectivity index (χ3v) is 7.34. The molecule has 11 heteroatoms. The van der Waals surface area contributed by atoms with Gasteiger partial charge in [0.05, 0.1) is 22.0 Å². The number of halogens is 3. The van der Waals surface area contributed by atoms with Crippen molar-refractivity contribution in [2.75, 3.05) is 23.7 Å². The van der Waals surface area contributed by atoms with Gasteiger partial charge in [-0.25, -0.2) is 8.42 Å². The highest BCUT2D eigenvalue weighted by atomic mass is 79.9. The van der Waals surface area contributed by atoms with Gasteiger partial charge in [-0.3, -0.25) is 13.9 Å². The number of rotatable bonds is 10. The highest BCUT2D eigenvalue weighted by Crippen LogP contribution is 2.28. The smallest absolute Gasteiger partial charge is 0.244 e. The molecule has 2 rings (SSSR count). The molecule has 2 amide bonds. The van der Waals surface area contributed by atoms with Crippen LogP contribution in [0.2, 0.25) is 10.0 Å². The van der Waals surface area contributed by atoms with Crippen molar-refractivity contribution in [3.63, 3.8) is 0 Å². The second kappa shape index (κ2) is 12.2. The van der Waals surface area contributed by atoms with Crippen LogP contribution in [0.25, 0.3) is 0 Å². The lowest BCUT2D eigenvalue weighted by Gasteiger charge is -2.31. The molecule has 0 heterocycles. The van der Waals surface area contributed by atoms with E-state index in [2.05, 4.69) is 21.2 Å². The summed E-state index contributed by atoms with van der Waals surface area (Å²) in [4.78, 5) is 27.6. The van der Waals surface area contributed by atoms with Crippen LogP contribution < -0.4 is 9.62 Å². The van der Waals surface area contributed by atoms with E-state index in [1.54, 1.807) is 6.92 Å². The standard InChI is InChI=1S/C23H28BrCl2N3O4S/c1-15(2)12-27-23(31)16(3)28(13-17-6-5-7-18(24)10-17)22(30)14-29(34(4,32)33)19-8-9-20(25)21(26)11-19/h5-11,15-16H,12-14H2,1-4H3,(H,27,31). The van der Waals surface area contributed by atoms with E-state index in [0.717, 1.165) is 20.6 Å². The number of amides is 2. The molecule has 7 nitrogen and oxygen atoms in total. The van der Waals surface area contributed by atoms with E-state index in [1.807, 2.05) is 38.1 Å². The van der Waals surface area contributed by atoms with E-state index in [0.29, 0.717) is 6.54 Å². The Morgan fingerprint density at radius 2 is 1.74 bits per heavy atom. The van der Waals surface area contributed by atoms with E-state index in [9.17, 15) is 18.0 Å². The summed E-state index contributed by atoms with van der Waals surface area (Å²) in [6.07, 6.45) is 1.00. The molecule has 1 N–H and O–H groups in total. The minimum atomic E-state index is -3.85. The Kier molecular flexibility index (Phi) is 10.2. The number of hydrogen-bond acceptors (Lipinski definition) is 4. The summed E-state index contributed by atoms with van der Waals surface area (Å²) >= 11 is 15.5. The largest absolute Gasteiger partial charge is 0.354 e. The molecule has 0 saturated carbocycles. The molecule has 1 unspecified atom stereocenters. The van der Waals surface area contributed by atoms with Crippen LogP contribution in [0, 0.1) is 5.92 Å². The number of benzene rings is 2. The Bertz CT molecular complexity index is 1140. The molecule has 186 valence electrons. The van der Waals surface area contributed by atoms with E-state index in [1.165, 1.54) is 23.1 Å². The van der Waals surface area contributed by atoms with Crippen LogP contribution in [0.5, 0.6) is 0 Å². The first-order chi connectivity index (χ1) is 15.8. The average Bonchev–Trinajstić information content (AvgIpc) is 2.74. The molecule has 1 atom stereocenters. The highest BCUT2D eigenvalue weighted by Gasteiger charge is 2.30. The average molecular weight is 593 g/mol. The lowest BCUT2D eigenvalue weighted by molar-refractivity contribution is -0.139. The third kappa shape index (κ3) is 8.15. The molecule has 0 spiro atoms. The van der Waals surface area contributed by atoms with E-state index >= 15 is 0 Å². The SMILES string of the molecule is CC(C)CNC(=O)C(C)N(Cc1cccc(Br)c1)C(=O)CN(c1ccc(Cl)c(Cl)c1)S(C)(=O)=O. The topological polar surface area (TPSA) is 86.8 Å². The van der Waals surface area contributed by atoms with E-state index in [-0.39, 0.29) is 34.1 Å². The van der Waals surface area contributed by atoms with Gasteiger partial charge in [-0.15, -0.1) is 0 Å². The number of anilines is 1. The summed E-state index contributed by atoms with van der Waals surface area (Å²) in [5, 5.41) is 3.26. The highest BCUT2D eigenvalue weighted by molar-refractivity contribution is 9.10. The molecule has 0 aromatic heterocycles. The Labute approximate surface area is 219 Å². The molecular formula is C23H28BrCl2N3O4S. The quantitative estimate of drug-likeness (QED) is 0.433. The Morgan fingerprint density at radius 3 is 2.29 bits per heavy atom. The molecule has 0 aliphatic carbocycles. The fourth-order valence-electron chi connectivity index (χ4n) is 3.12. The number of hydrogen-bond donors (Lipinski definition) is 1. The lowest BCUT2D eigenvalue weighted by atomic mass is 10.1. The molecule has 0 saturated heterocycles. The second-order valence-electron chi connectivity index (χ2n) is 8.33. The van der Waals surface area contributed by atoms with Crippen molar-refractivity contribution < 1.29 is 18.0 Å². The predicted octanol–water partition coefficient (Wildman–Crippen LogP) is 4.71. The van der Waals surface area contributed by atoms with Crippen LogP contribution in [-0.2, 0) is 26.2 Å². The molecule has 0 aliphatic heterocycles. The first kappa shape index (κ1) is 28.4. The maximum atomic E-state index is 13.5. The number of carbonyl (C=O) groups is 2. The first-order valence-electron chi connectivity index (χ1n) is 10.5. The lowest BCUT2D eigenvalue weighted by Crippen LogP contribution is -2.51. The fraction of sp³-hybridized carbons (Fsp3) is 0.391. The van der Waals surface area contributed by atoms with Crippen LogP contribution in [0.1, 0.15) is 26.3 Å². The molecular weight excluding hydrogens is 565 g/mol. The van der Waals surface area contributed by atoms with Gasteiger partial charge in [0.1, 0.15) is 12.6 Å². The van der Waals surface area contributed by atoms with E-state index in [4.69, 9.17) is 23.2 Å². The zero-order valence-electron chi connectivity index (χ0n) is 19.4. The van der Waals surface area contributed by atoms with Crippen molar-refractivity contribution in [3.8, 4) is 0 Å². The summed E-state index contributed by atoms with van der Waals surface area (Å²) in [5.74, 6) is -0.623. The number of carbonyl (C=O) groups excluding carboxylic acids is 2. The predicted molar refractivity (Wildman–Crippen MR) is 141 cm³/mol. The summed E-state index contributed by atoms with van der Waals surface area (Å²) in [6.45, 7) is 5.63. The van der Waals surface area contributed by atoms with Gasteiger partial charge in [0, 0.05) is 17.6 Å². The van der Waals surface area contributed by atoms with Crippen molar-refractivity contribution in [2.45, 2.75) is 33.4 Å².